The first kappa shape index (κ1) is 22.0. The van der Waals surface area contributed by atoms with Gasteiger partial charge in [0.25, 0.3) is 5.56 Å². The van der Waals surface area contributed by atoms with Crippen molar-refractivity contribution in [3.05, 3.63) is 32.9 Å². The van der Waals surface area contributed by atoms with Gasteiger partial charge in [0.15, 0.2) is 0 Å². The molecule has 3 atom stereocenters. The van der Waals surface area contributed by atoms with Crippen LogP contribution in [0.1, 0.15) is 33.4 Å². The summed E-state index contributed by atoms with van der Waals surface area (Å²) in [7, 11) is 0. The van der Waals surface area contributed by atoms with Gasteiger partial charge in [0, 0.05) is 0 Å². The summed E-state index contributed by atoms with van der Waals surface area (Å²) in [5.41, 5.74) is 3.14. The van der Waals surface area contributed by atoms with E-state index in [4.69, 9.17) is 5.73 Å². The van der Waals surface area contributed by atoms with Crippen molar-refractivity contribution in [2.45, 2.75) is 45.4 Å². The summed E-state index contributed by atoms with van der Waals surface area (Å²) < 4.78 is 13.7. The van der Waals surface area contributed by atoms with Gasteiger partial charge in [-0.15, -0.1) is 0 Å². The number of nitrogens with zero attached hydrogens (tertiary/aromatic N) is 1. The Balaban J connectivity index is 2.92. The normalized spacial score (nSPS) is 14.3. The smallest absolute Gasteiger partial charge is 0.347 e. The number of aliphatic carboxylic acids is 1. The molecule has 1 aromatic rings. The number of nitrogens with two attached hydrogens (primary N) is 1. The highest BCUT2D eigenvalue weighted by atomic mass is 19.1. The number of carboxylic acids is 1. The maximum atomic E-state index is 13.4. The second-order valence-corrected chi connectivity index (χ2v) is 6.36. The zero-order valence-corrected chi connectivity index (χ0v) is 15.0. The maximum Gasteiger partial charge on any atom is 0.347 e. The van der Waals surface area contributed by atoms with Crippen molar-refractivity contribution in [3.63, 3.8) is 0 Å². The van der Waals surface area contributed by atoms with Crippen LogP contribution in [0.4, 0.5) is 4.39 Å². The molecular weight excluding hydrogens is 365 g/mol. The van der Waals surface area contributed by atoms with Crippen LogP contribution in [0.15, 0.2) is 15.8 Å². The Hall–Kier alpha value is -3.02. The quantitative estimate of drug-likeness (QED) is 0.351. The number of hydrogen-bond donors (Lipinski definition) is 5. The second kappa shape index (κ2) is 9.07. The largest absolute Gasteiger partial charge is 0.478 e. The number of carbonyl (C=O) groups excluding carboxylic acids is 2. The lowest BCUT2D eigenvalue weighted by Crippen LogP contribution is -2.53. The van der Waals surface area contributed by atoms with E-state index in [1.54, 1.807) is 4.98 Å². The van der Waals surface area contributed by atoms with Crippen molar-refractivity contribution in [2.24, 2.45) is 11.7 Å². The van der Waals surface area contributed by atoms with Crippen LogP contribution in [-0.4, -0.2) is 44.5 Å². The number of aromatic amines is 1. The third-order valence-corrected chi connectivity index (χ3v) is 3.53. The fourth-order valence-electron chi connectivity index (χ4n) is 2.16. The molecule has 2 unspecified atom stereocenters. The monoisotopic (exact) mass is 387 g/mol. The van der Waals surface area contributed by atoms with Gasteiger partial charge in [-0.25, -0.2) is 9.59 Å². The van der Waals surface area contributed by atoms with Crippen molar-refractivity contribution in [1.82, 2.24) is 20.2 Å². The predicted octanol–water partition coefficient (Wildman–Crippen LogP) is -1.75. The summed E-state index contributed by atoms with van der Waals surface area (Å²) in [6, 6.07) is -2.03. The molecule has 6 N–H and O–H groups in total. The highest BCUT2D eigenvalue weighted by molar-refractivity contribution is 5.91. The van der Waals surface area contributed by atoms with E-state index in [1.807, 2.05) is 19.2 Å². The first-order chi connectivity index (χ1) is 12.4. The number of nitrogens with one attached hydrogen (secondary N) is 3. The third kappa shape index (κ3) is 6.02. The summed E-state index contributed by atoms with van der Waals surface area (Å²) >= 11 is 0. The molecule has 150 valence electrons. The van der Waals surface area contributed by atoms with Crippen LogP contribution >= 0.6 is 0 Å². The van der Waals surface area contributed by atoms with Crippen LogP contribution in [0.3, 0.4) is 0 Å². The van der Waals surface area contributed by atoms with Gasteiger partial charge < -0.3 is 21.5 Å². The van der Waals surface area contributed by atoms with Gasteiger partial charge in [-0.1, -0.05) is 13.8 Å². The summed E-state index contributed by atoms with van der Waals surface area (Å²) in [5, 5.41) is 13.5. The average Bonchev–Trinajstić information content (AvgIpc) is 2.54. The summed E-state index contributed by atoms with van der Waals surface area (Å²) in [6.07, 6.45) is -1.26. The molecule has 1 aromatic heterocycles. The topological polar surface area (TPSA) is 176 Å². The van der Waals surface area contributed by atoms with Gasteiger partial charge in [0.05, 0.1) is 12.2 Å². The Morgan fingerprint density at radius 1 is 1.22 bits per heavy atom. The van der Waals surface area contributed by atoms with Crippen molar-refractivity contribution in [1.29, 1.82) is 0 Å². The summed E-state index contributed by atoms with van der Waals surface area (Å²) in [4.78, 5) is 59.8. The van der Waals surface area contributed by atoms with Gasteiger partial charge in [-0.2, -0.15) is 4.39 Å². The minimum atomic E-state index is -2.00. The Morgan fingerprint density at radius 2 is 1.81 bits per heavy atom. The Kier molecular flexibility index (Phi) is 7.40. The molecule has 0 spiro atoms. The van der Waals surface area contributed by atoms with Crippen molar-refractivity contribution >= 4 is 17.8 Å². The van der Waals surface area contributed by atoms with Crippen molar-refractivity contribution in [3.8, 4) is 0 Å². The number of carboxylic acid groups (broad SMARTS) is 1. The molecule has 0 aliphatic carbocycles. The lowest BCUT2D eigenvalue weighted by Gasteiger charge is -2.21. The molecule has 0 aliphatic heterocycles. The molecule has 11 nitrogen and oxygen atoms in total. The van der Waals surface area contributed by atoms with E-state index < -0.39 is 53.1 Å². The fraction of sp³-hybridized carbons (Fsp3) is 0.533. The molecule has 0 aliphatic rings. The number of aromatic nitrogens is 2. The predicted molar refractivity (Wildman–Crippen MR) is 91.1 cm³/mol. The molecule has 0 bridgehead atoms. The van der Waals surface area contributed by atoms with Crippen LogP contribution in [0.25, 0.3) is 0 Å². The number of carbonyl (C=O) groups is 3. The van der Waals surface area contributed by atoms with Crippen molar-refractivity contribution < 1.29 is 23.9 Å². The van der Waals surface area contributed by atoms with E-state index in [0.29, 0.717) is 17.2 Å². The van der Waals surface area contributed by atoms with E-state index in [9.17, 15) is 33.5 Å². The van der Waals surface area contributed by atoms with Gasteiger partial charge in [-0.05, 0) is 19.3 Å². The average molecular weight is 387 g/mol. The molecule has 0 saturated carbocycles. The molecule has 12 heteroatoms. The van der Waals surface area contributed by atoms with Crippen LogP contribution in [0.2, 0.25) is 0 Å². The van der Waals surface area contributed by atoms with E-state index in [2.05, 4.69) is 5.32 Å². The number of hydrogen-bond acceptors (Lipinski definition) is 6. The standard InChI is InChI=1S/C15H22FN5O6/c1-6(2)4-9(17)13(24)18-7(3)11(22)19-10(14(25)26)21-5-8(16)12(23)20-15(21)27/h5-7,9-10H,4,17H2,1-3H3,(H,18,24)(H,19,22)(H,25,26)(H,20,23,27)/t7-,9?,10?/m0/s1. The number of H-pyrrole nitrogens is 1. The molecule has 0 radical (unpaired) electrons. The number of halogens is 1. The maximum absolute atomic E-state index is 13.4. The van der Waals surface area contributed by atoms with E-state index >= 15 is 0 Å². The van der Waals surface area contributed by atoms with Crippen LogP contribution in [-0.2, 0) is 14.4 Å². The Morgan fingerprint density at radius 3 is 2.33 bits per heavy atom. The first-order valence-corrected chi connectivity index (χ1v) is 8.04. The summed E-state index contributed by atoms with van der Waals surface area (Å²) in [5.74, 6) is -4.51. The molecule has 1 rings (SSSR count). The van der Waals surface area contributed by atoms with Crippen LogP contribution in [0, 0.1) is 11.7 Å². The Labute approximate surface area is 152 Å². The zero-order valence-electron chi connectivity index (χ0n) is 15.0. The number of rotatable bonds is 8. The first-order valence-electron chi connectivity index (χ1n) is 8.04. The lowest BCUT2D eigenvalue weighted by atomic mass is 10.0. The van der Waals surface area contributed by atoms with Gasteiger partial charge >= 0.3 is 11.7 Å². The summed E-state index contributed by atoms with van der Waals surface area (Å²) in [6.45, 7) is 5.01. The van der Waals surface area contributed by atoms with Gasteiger partial charge in [-0.3, -0.25) is 23.9 Å². The SMILES string of the molecule is CC(C)CC(N)C(=O)N[C@@H](C)C(=O)NC(C(=O)O)n1cc(F)c(=O)[nH]c1=O. The van der Waals surface area contributed by atoms with Crippen LogP contribution in [0.5, 0.6) is 0 Å². The van der Waals surface area contributed by atoms with Gasteiger partial charge in [0.1, 0.15) is 6.04 Å². The van der Waals surface area contributed by atoms with Crippen LogP contribution < -0.4 is 27.6 Å². The molecule has 27 heavy (non-hydrogen) atoms. The molecule has 0 aromatic carbocycles. The lowest BCUT2D eigenvalue weighted by molar-refractivity contribution is -0.145. The highest BCUT2D eigenvalue weighted by Gasteiger charge is 2.28. The minimum Gasteiger partial charge on any atom is -0.478 e. The second-order valence-electron chi connectivity index (χ2n) is 6.36. The Bertz CT molecular complexity index is 833. The zero-order chi connectivity index (χ0) is 20.9. The minimum absolute atomic E-state index is 0.147. The van der Waals surface area contributed by atoms with E-state index in [1.165, 1.54) is 6.92 Å². The van der Waals surface area contributed by atoms with Gasteiger partial charge in [0.2, 0.25) is 23.8 Å². The highest BCUT2D eigenvalue weighted by Crippen LogP contribution is 2.04. The van der Waals surface area contributed by atoms with Crippen molar-refractivity contribution in [2.75, 3.05) is 0 Å². The molecule has 0 fully saturated rings. The van der Waals surface area contributed by atoms with E-state index in [-0.39, 0.29) is 5.92 Å². The number of amides is 2. The molecule has 1 heterocycles. The molecule has 0 saturated heterocycles. The van der Waals surface area contributed by atoms with E-state index in [0.717, 1.165) is 0 Å². The third-order valence-electron chi connectivity index (χ3n) is 3.53. The fourth-order valence-corrected chi connectivity index (χ4v) is 2.16. The molecular formula is C15H22FN5O6. The molecule has 2 amide bonds.